The fraction of sp³-hybridized carbons (Fsp3) is 0.450. The highest BCUT2D eigenvalue weighted by Gasteiger charge is 2.50. The summed E-state index contributed by atoms with van der Waals surface area (Å²) in [4.78, 5) is 28.7. The maximum absolute atomic E-state index is 12.6. The third-order valence-electron chi connectivity index (χ3n) is 5.67. The Morgan fingerprint density at radius 3 is 2.79 bits per heavy atom. The van der Waals surface area contributed by atoms with Gasteiger partial charge in [0.2, 0.25) is 5.91 Å². The standard InChI is InChI=1S/C20H25N5O3/c1-15-17(11-21-23(15)2)22-18(26)12-24-8-9-25-19(27)28-14-20(25,13-24)10-16-6-4-3-5-7-16/h3-7,11H,8-10,12-14H2,1-2H3,(H,22,26). The van der Waals surface area contributed by atoms with Crippen molar-refractivity contribution >= 4 is 17.7 Å². The monoisotopic (exact) mass is 383 g/mol. The molecule has 0 aliphatic carbocycles. The molecule has 4 rings (SSSR count). The van der Waals surface area contributed by atoms with Crippen molar-refractivity contribution in [2.24, 2.45) is 7.05 Å². The number of aromatic nitrogens is 2. The van der Waals surface area contributed by atoms with Gasteiger partial charge in [-0.2, -0.15) is 5.10 Å². The average Bonchev–Trinajstić information content (AvgIpc) is 3.16. The van der Waals surface area contributed by atoms with E-state index in [1.165, 1.54) is 0 Å². The van der Waals surface area contributed by atoms with Gasteiger partial charge >= 0.3 is 6.09 Å². The predicted octanol–water partition coefficient (Wildman–Crippen LogP) is 1.42. The number of piperazine rings is 1. The molecule has 2 aliphatic rings. The number of carbonyl (C=O) groups excluding carboxylic acids is 2. The van der Waals surface area contributed by atoms with Crippen LogP contribution in [-0.4, -0.2) is 69.9 Å². The van der Waals surface area contributed by atoms with Crippen LogP contribution in [0.1, 0.15) is 11.3 Å². The number of cyclic esters (lactones) is 1. The first kappa shape index (κ1) is 18.5. The topological polar surface area (TPSA) is 79.7 Å². The first-order chi connectivity index (χ1) is 13.5. The highest BCUT2D eigenvalue weighted by atomic mass is 16.6. The van der Waals surface area contributed by atoms with E-state index in [1.54, 1.807) is 10.9 Å². The molecule has 1 atom stereocenters. The minimum atomic E-state index is -0.429. The van der Waals surface area contributed by atoms with Crippen molar-refractivity contribution in [3.05, 3.63) is 47.8 Å². The molecule has 2 fully saturated rings. The van der Waals surface area contributed by atoms with Crippen LogP contribution in [0.25, 0.3) is 0 Å². The van der Waals surface area contributed by atoms with E-state index in [0.29, 0.717) is 32.7 Å². The van der Waals surface area contributed by atoms with Crippen molar-refractivity contribution in [2.45, 2.75) is 18.9 Å². The van der Waals surface area contributed by atoms with Crippen molar-refractivity contribution in [3.8, 4) is 0 Å². The molecule has 1 aromatic carbocycles. The fourth-order valence-corrected chi connectivity index (χ4v) is 4.07. The van der Waals surface area contributed by atoms with Crippen LogP contribution < -0.4 is 5.32 Å². The van der Waals surface area contributed by atoms with Crippen molar-refractivity contribution in [3.63, 3.8) is 0 Å². The van der Waals surface area contributed by atoms with Gasteiger partial charge < -0.3 is 10.1 Å². The van der Waals surface area contributed by atoms with Gasteiger partial charge in [0.15, 0.2) is 0 Å². The second-order valence-corrected chi connectivity index (χ2v) is 7.62. The Kier molecular flexibility index (Phi) is 4.80. The molecule has 8 nitrogen and oxygen atoms in total. The van der Waals surface area contributed by atoms with Crippen LogP contribution in [0.4, 0.5) is 10.5 Å². The number of fused-ring (bicyclic) bond motifs is 1. The number of ether oxygens (including phenoxy) is 1. The lowest BCUT2D eigenvalue weighted by Crippen LogP contribution is -2.63. The summed E-state index contributed by atoms with van der Waals surface area (Å²) in [7, 11) is 1.84. The Morgan fingerprint density at radius 2 is 2.07 bits per heavy atom. The van der Waals surface area contributed by atoms with E-state index >= 15 is 0 Å². The third-order valence-corrected chi connectivity index (χ3v) is 5.67. The van der Waals surface area contributed by atoms with Crippen molar-refractivity contribution in [1.82, 2.24) is 19.6 Å². The number of hydrogen-bond acceptors (Lipinski definition) is 5. The number of rotatable bonds is 5. The lowest BCUT2D eigenvalue weighted by molar-refractivity contribution is -0.118. The van der Waals surface area contributed by atoms with Gasteiger partial charge in [0, 0.05) is 33.1 Å². The van der Waals surface area contributed by atoms with E-state index in [9.17, 15) is 9.59 Å². The zero-order valence-corrected chi connectivity index (χ0v) is 16.2. The molecule has 148 valence electrons. The van der Waals surface area contributed by atoms with Crippen LogP contribution in [0.3, 0.4) is 0 Å². The van der Waals surface area contributed by atoms with Gasteiger partial charge in [-0.3, -0.25) is 19.3 Å². The normalized spacial score (nSPS) is 22.1. The van der Waals surface area contributed by atoms with Gasteiger partial charge in [-0.15, -0.1) is 0 Å². The molecule has 0 radical (unpaired) electrons. The van der Waals surface area contributed by atoms with Crippen molar-refractivity contribution in [2.75, 3.05) is 38.1 Å². The molecular formula is C20H25N5O3. The SMILES string of the molecule is Cc1c(NC(=O)CN2CCN3C(=O)OCC3(Cc3ccccc3)C2)cnn1C. The minimum absolute atomic E-state index is 0.0790. The lowest BCUT2D eigenvalue weighted by Gasteiger charge is -2.44. The number of carbonyl (C=O) groups is 2. The highest BCUT2D eigenvalue weighted by Crippen LogP contribution is 2.32. The van der Waals surface area contributed by atoms with Crippen LogP contribution in [0.5, 0.6) is 0 Å². The first-order valence-corrected chi connectivity index (χ1v) is 9.46. The van der Waals surface area contributed by atoms with E-state index in [1.807, 2.05) is 37.1 Å². The van der Waals surface area contributed by atoms with Gasteiger partial charge in [0.25, 0.3) is 0 Å². The third kappa shape index (κ3) is 3.47. The Morgan fingerprint density at radius 1 is 1.29 bits per heavy atom. The summed E-state index contributed by atoms with van der Waals surface area (Å²) in [6.45, 7) is 4.34. The molecule has 8 heteroatoms. The van der Waals surface area contributed by atoms with Crippen molar-refractivity contribution in [1.29, 1.82) is 0 Å². The Labute approximate surface area is 164 Å². The molecule has 2 aliphatic heterocycles. The van der Waals surface area contributed by atoms with Crippen LogP contribution in [-0.2, 0) is 23.0 Å². The molecular weight excluding hydrogens is 358 g/mol. The largest absolute Gasteiger partial charge is 0.447 e. The first-order valence-electron chi connectivity index (χ1n) is 9.46. The molecule has 2 saturated heterocycles. The maximum atomic E-state index is 12.6. The number of hydrogen-bond donors (Lipinski definition) is 1. The second kappa shape index (κ2) is 7.27. The number of nitrogens with zero attached hydrogens (tertiary/aromatic N) is 4. The van der Waals surface area contributed by atoms with E-state index < -0.39 is 5.54 Å². The van der Waals surface area contributed by atoms with Gasteiger partial charge in [0.1, 0.15) is 6.61 Å². The fourth-order valence-electron chi connectivity index (χ4n) is 4.07. The average molecular weight is 383 g/mol. The Balaban J connectivity index is 1.45. The molecule has 2 aromatic rings. The van der Waals surface area contributed by atoms with Gasteiger partial charge in [0.05, 0.1) is 29.7 Å². The molecule has 1 unspecified atom stereocenters. The summed E-state index contributed by atoms with van der Waals surface area (Å²) in [5.74, 6) is -0.0790. The number of aryl methyl sites for hydroxylation is 1. The molecule has 0 bridgehead atoms. The summed E-state index contributed by atoms with van der Waals surface area (Å²) in [6, 6.07) is 10.1. The summed E-state index contributed by atoms with van der Waals surface area (Å²) < 4.78 is 7.12. The smallest absolute Gasteiger partial charge is 0.410 e. The molecule has 0 saturated carbocycles. The van der Waals surface area contributed by atoms with Gasteiger partial charge in [-0.1, -0.05) is 30.3 Å². The quantitative estimate of drug-likeness (QED) is 0.845. The zero-order chi connectivity index (χ0) is 19.7. The number of anilines is 1. The van der Waals surface area contributed by atoms with E-state index in [2.05, 4.69) is 27.4 Å². The zero-order valence-electron chi connectivity index (χ0n) is 16.2. The Bertz CT molecular complexity index is 881. The molecule has 1 N–H and O–H groups in total. The molecule has 28 heavy (non-hydrogen) atoms. The van der Waals surface area contributed by atoms with Crippen LogP contribution >= 0.6 is 0 Å². The van der Waals surface area contributed by atoms with Crippen molar-refractivity contribution < 1.29 is 14.3 Å². The van der Waals surface area contributed by atoms with Crippen LogP contribution in [0.15, 0.2) is 36.5 Å². The lowest BCUT2D eigenvalue weighted by atomic mass is 9.88. The van der Waals surface area contributed by atoms with E-state index in [0.717, 1.165) is 16.9 Å². The number of amides is 2. The van der Waals surface area contributed by atoms with Gasteiger partial charge in [-0.25, -0.2) is 4.79 Å². The predicted molar refractivity (Wildman–Crippen MR) is 104 cm³/mol. The highest BCUT2D eigenvalue weighted by molar-refractivity contribution is 5.92. The van der Waals surface area contributed by atoms with Crippen LogP contribution in [0.2, 0.25) is 0 Å². The summed E-state index contributed by atoms with van der Waals surface area (Å²) in [6.07, 6.45) is 2.11. The minimum Gasteiger partial charge on any atom is -0.447 e. The summed E-state index contributed by atoms with van der Waals surface area (Å²) in [5, 5.41) is 7.09. The molecule has 2 amide bonds. The maximum Gasteiger partial charge on any atom is 0.410 e. The van der Waals surface area contributed by atoms with Gasteiger partial charge in [-0.05, 0) is 12.5 Å². The second-order valence-electron chi connectivity index (χ2n) is 7.62. The Hall–Kier alpha value is -2.87. The molecule has 3 heterocycles. The van der Waals surface area contributed by atoms with E-state index in [4.69, 9.17) is 4.74 Å². The number of nitrogens with one attached hydrogen (secondary N) is 1. The molecule has 0 spiro atoms. The number of benzene rings is 1. The summed E-state index contributed by atoms with van der Waals surface area (Å²) >= 11 is 0. The van der Waals surface area contributed by atoms with E-state index in [-0.39, 0.29) is 18.5 Å². The van der Waals surface area contributed by atoms with Crippen LogP contribution in [0, 0.1) is 6.92 Å². The summed E-state index contributed by atoms with van der Waals surface area (Å²) in [5.41, 5.74) is 2.36. The molecule has 1 aromatic heterocycles.